The van der Waals surface area contributed by atoms with E-state index in [1.807, 2.05) is 11.8 Å². The molecule has 1 aromatic carbocycles. The van der Waals surface area contributed by atoms with Crippen molar-refractivity contribution in [3.63, 3.8) is 0 Å². The fourth-order valence-electron chi connectivity index (χ4n) is 14.4. The lowest BCUT2D eigenvalue weighted by molar-refractivity contribution is -0.168. The Morgan fingerprint density at radius 2 is 1.71 bits per heavy atom. The number of aliphatic hydroxyl groups excluding tert-OH is 2. The maximum atomic E-state index is 14.5. The Morgan fingerprint density at radius 1 is 0.966 bits per heavy atom. The largest absolute Gasteiger partial charge is 0.508 e. The Kier molecular flexibility index (Phi) is 11.1. The minimum Gasteiger partial charge on any atom is -0.508 e. The number of ether oxygens (including phenoxy) is 1. The molecule has 0 aromatic heterocycles. The highest BCUT2D eigenvalue weighted by atomic mass is 16.6. The van der Waals surface area contributed by atoms with Crippen LogP contribution in [0.5, 0.6) is 5.75 Å². The molecule has 5 N–H and O–H groups in total. The number of unbranched alkanes of at least 4 members (excludes halogenated alkanes) is 2. The molecular formula is C49H73NO8. The molecule has 1 spiro atoms. The molecule has 9 heteroatoms. The second kappa shape index (κ2) is 15.3. The molecule has 322 valence electrons. The van der Waals surface area contributed by atoms with E-state index in [0.29, 0.717) is 63.3 Å². The van der Waals surface area contributed by atoms with Crippen LogP contribution in [0.1, 0.15) is 150 Å². The number of phenols is 1. The van der Waals surface area contributed by atoms with Crippen molar-refractivity contribution in [2.75, 3.05) is 11.4 Å². The van der Waals surface area contributed by atoms with E-state index in [1.54, 1.807) is 18.2 Å². The second-order valence-electron chi connectivity index (χ2n) is 21.4. The number of epoxide rings is 1. The molecule has 0 radical (unpaired) electrons. The molecule has 1 amide bonds. The molecule has 2 heterocycles. The van der Waals surface area contributed by atoms with Gasteiger partial charge in [-0.25, -0.2) is 0 Å². The molecule has 5 aliphatic carbocycles. The van der Waals surface area contributed by atoms with Crippen molar-refractivity contribution in [2.45, 2.75) is 186 Å². The average Bonchev–Trinajstić information content (AvgIpc) is 3.87. The minimum absolute atomic E-state index is 0.0766. The summed E-state index contributed by atoms with van der Waals surface area (Å²) in [5.74, 6) is 0.284. The van der Waals surface area contributed by atoms with Crippen LogP contribution in [0, 0.1) is 51.8 Å². The first-order valence-electron chi connectivity index (χ1n) is 23.3. The number of anilines is 1. The third-order valence-corrected chi connectivity index (χ3v) is 18.1. The quantitative estimate of drug-likeness (QED) is 0.106. The van der Waals surface area contributed by atoms with E-state index in [2.05, 4.69) is 40.7 Å². The van der Waals surface area contributed by atoms with E-state index >= 15 is 0 Å². The van der Waals surface area contributed by atoms with Gasteiger partial charge in [0, 0.05) is 29.6 Å². The summed E-state index contributed by atoms with van der Waals surface area (Å²) in [6.45, 7) is 13.4. The Bertz CT molecular complexity index is 1770. The van der Waals surface area contributed by atoms with Gasteiger partial charge in [-0.05, 0) is 142 Å². The first-order valence-corrected chi connectivity index (χ1v) is 23.3. The number of amides is 1. The van der Waals surface area contributed by atoms with Crippen molar-refractivity contribution in [1.82, 2.24) is 0 Å². The summed E-state index contributed by atoms with van der Waals surface area (Å²) >= 11 is 0. The number of benzene rings is 1. The standard InChI is InChI=1S/C49H73NO8/c1-7-8-10-13-32-28-50(44(55)47(32)17-11-9-12-18-47)33-22-31(23-34(51)24-33)14-19-48-20-15-35-36(25-38(52)37-26-39(53)40(54)27-45(35,37)5)49(48,57)21-16-41(48)46(6,56)43-42(58-43)30(4)29(2)3/h22-25,29-30,32,35,37,39-43,51,53-54,56-57H,7-21,26-28H2,1-6H3/t30-,32-,35+,37+,39-,40+,41-,42+,43-,45-,46-,48-,49-/m1/s1. The second-order valence-corrected chi connectivity index (χ2v) is 21.4. The van der Waals surface area contributed by atoms with Crippen LogP contribution in [-0.2, 0) is 20.7 Å². The van der Waals surface area contributed by atoms with Gasteiger partial charge >= 0.3 is 0 Å². The first kappa shape index (κ1) is 42.4. The first-order chi connectivity index (χ1) is 27.4. The van der Waals surface area contributed by atoms with E-state index in [0.717, 1.165) is 61.8 Å². The number of ketones is 1. The van der Waals surface area contributed by atoms with Crippen LogP contribution in [0.15, 0.2) is 29.8 Å². The lowest BCUT2D eigenvalue weighted by Crippen LogP contribution is -2.63. The minimum atomic E-state index is -1.38. The predicted molar refractivity (Wildman–Crippen MR) is 224 cm³/mol. The van der Waals surface area contributed by atoms with E-state index < -0.39 is 40.2 Å². The van der Waals surface area contributed by atoms with Gasteiger partial charge < -0.3 is 35.2 Å². The van der Waals surface area contributed by atoms with Crippen molar-refractivity contribution < 1.29 is 39.9 Å². The van der Waals surface area contributed by atoms with Gasteiger partial charge in [-0.3, -0.25) is 9.59 Å². The fourth-order valence-corrected chi connectivity index (χ4v) is 14.4. The number of allylic oxidation sites excluding steroid dienone is 1. The smallest absolute Gasteiger partial charge is 0.233 e. The molecule has 2 saturated heterocycles. The Morgan fingerprint density at radius 3 is 2.41 bits per heavy atom. The number of aryl methyl sites for hydroxylation is 1. The summed E-state index contributed by atoms with van der Waals surface area (Å²) in [5, 5.41) is 59.0. The number of carbonyl (C=O) groups is 2. The number of aromatic hydroxyl groups is 1. The zero-order chi connectivity index (χ0) is 41.6. The van der Waals surface area contributed by atoms with Crippen LogP contribution in [0.4, 0.5) is 5.69 Å². The van der Waals surface area contributed by atoms with Gasteiger partial charge in [-0.15, -0.1) is 0 Å². The van der Waals surface area contributed by atoms with Gasteiger partial charge in [0.1, 0.15) is 11.9 Å². The topological polar surface area (TPSA) is 151 Å². The molecule has 13 atom stereocenters. The van der Waals surface area contributed by atoms with Crippen molar-refractivity contribution in [1.29, 1.82) is 0 Å². The summed E-state index contributed by atoms with van der Waals surface area (Å²) in [4.78, 5) is 30.5. The molecule has 6 fully saturated rings. The van der Waals surface area contributed by atoms with Gasteiger partial charge in [0.2, 0.25) is 5.91 Å². The average molecular weight is 804 g/mol. The van der Waals surface area contributed by atoms with E-state index in [9.17, 15) is 35.1 Å². The predicted octanol–water partition coefficient (Wildman–Crippen LogP) is 7.81. The third kappa shape index (κ3) is 6.57. The molecule has 9 nitrogen and oxygen atoms in total. The molecule has 4 saturated carbocycles. The van der Waals surface area contributed by atoms with Gasteiger partial charge in [0.05, 0.1) is 34.9 Å². The fraction of sp³-hybridized carbons (Fsp3) is 0.796. The van der Waals surface area contributed by atoms with Crippen molar-refractivity contribution in [3.05, 3.63) is 35.4 Å². The number of phenolic OH excluding ortho intramolecular Hbond substituents is 1. The SMILES string of the molecule is CCCCC[C@@H]1CN(c2cc(O)cc(CC[C@]34CC[C@H]5C(=CC(=O)[C@@H]6C[C@@H](O)[C@@H](O)C[C@@]65C)[C@]3(O)CC[C@@H]4[C@@](C)(O)[C@@H]3O[C@H]3[C@H](C)C(C)C)c2)C(=O)C12CCCCC2. The molecule has 0 unspecified atom stereocenters. The summed E-state index contributed by atoms with van der Waals surface area (Å²) < 4.78 is 6.33. The Hall–Kier alpha value is -2.30. The number of rotatable bonds is 12. The highest BCUT2D eigenvalue weighted by Gasteiger charge is 2.72. The van der Waals surface area contributed by atoms with Gasteiger partial charge in [-0.2, -0.15) is 0 Å². The highest BCUT2D eigenvalue weighted by Crippen LogP contribution is 2.71. The summed E-state index contributed by atoms with van der Waals surface area (Å²) in [7, 11) is 0. The molecule has 0 bridgehead atoms. The van der Waals surface area contributed by atoms with E-state index in [-0.39, 0.29) is 59.2 Å². The molecule has 8 rings (SSSR count). The number of hydrogen-bond donors (Lipinski definition) is 5. The number of carbonyl (C=O) groups excluding carboxylic acids is 2. The van der Waals surface area contributed by atoms with Crippen LogP contribution in [-0.4, -0.2) is 79.4 Å². The van der Waals surface area contributed by atoms with Gasteiger partial charge in [0.25, 0.3) is 0 Å². The van der Waals surface area contributed by atoms with Gasteiger partial charge in [-0.1, -0.05) is 73.1 Å². The van der Waals surface area contributed by atoms with Crippen LogP contribution in [0.3, 0.4) is 0 Å². The summed E-state index contributed by atoms with van der Waals surface area (Å²) in [6.07, 6.45) is 12.9. The maximum Gasteiger partial charge on any atom is 0.233 e. The lowest BCUT2D eigenvalue weighted by Gasteiger charge is -2.61. The zero-order valence-corrected chi connectivity index (χ0v) is 36.2. The van der Waals surface area contributed by atoms with Crippen molar-refractivity contribution in [3.8, 4) is 5.75 Å². The van der Waals surface area contributed by atoms with Crippen molar-refractivity contribution >= 4 is 17.4 Å². The van der Waals surface area contributed by atoms with Crippen LogP contribution >= 0.6 is 0 Å². The van der Waals surface area contributed by atoms with Crippen molar-refractivity contribution in [2.24, 2.45) is 51.8 Å². The number of nitrogens with zero attached hydrogens (tertiary/aromatic N) is 1. The van der Waals surface area contributed by atoms with Crippen LogP contribution in [0.25, 0.3) is 0 Å². The normalized spacial score (nSPS) is 40.9. The van der Waals surface area contributed by atoms with Crippen LogP contribution in [0.2, 0.25) is 0 Å². The highest BCUT2D eigenvalue weighted by molar-refractivity contribution is 6.00. The van der Waals surface area contributed by atoms with Gasteiger partial charge in [0.15, 0.2) is 5.78 Å². The number of fused-ring (bicyclic) bond motifs is 5. The Labute approximate surface area is 347 Å². The Balaban J connectivity index is 1.13. The third-order valence-electron chi connectivity index (χ3n) is 18.1. The monoisotopic (exact) mass is 804 g/mol. The number of aliphatic hydroxyl groups is 4. The molecular weight excluding hydrogens is 731 g/mol. The van der Waals surface area contributed by atoms with Crippen LogP contribution < -0.4 is 4.90 Å². The maximum absolute atomic E-state index is 14.5. The molecule has 7 aliphatic rings. The van der Waals surface area contributed by atoms with E-state index in [4.69, 9.17) is 4.74 Å². The molecule has 58 heavy (non-hydrogen) atoms. The lowest BCUT2D eigenvalue weighted by atomic mass is 9.44. The van der Waals surface area contributed by atoms with E-state index in [1.165, 1.54) is 12.8 Å². The molecule has 2 aliphatic heterocycles. The number of hydrogen-bond acceptors (Lipinski definition) is 8. The summed E-state index contributed by atoms with van der Waals surface area (Å²) in [6, 6.07) is 5.59. The summed E-state index contributed by atoms with van der Waals surface area (Å²) in [5.41, 5.74) is -1.99. The molecule has 1 aromatic rings. The zero-order valence-electron chi connectivity index (χ0n) is 36.2.